The van der Waals surface area contributed by atoms with Crippen molar-refractivity contribution in [2.24, 2.45) is 5.10 Å². The second kappa shape index (κ2) is 11.2. The van der Waals surface area contributed by atoms with Crippen LogP contribution in [0.4, 0.5) is 0 Å². The molecule has 0 saturated carbocycles. The average Bonchev–Trinajstić information content (AvgIpc) is 2.63. The average molecular weight is 357 g/mol. The summed E-state index contributed by atoms with van der Waals surface area (Å²) < 4.78 is 11.1. The second-order valence-corrected chi connectivity index (χ2v) is 5.57. The van der Waals surface area contributed by atoms with E-state index in [4.69, 9.17) is 21.7 Å². The summed E-state index contributed by atoms with van der Waals surface area (Å²) in [4.78, 5) is 0. The lowest BCUT2D eigenvalue weighted by Crippen LogP contribution is -2.33. The predicted molar refractivity (Wildman–Crippen MR) is 105 cm³/mol. The molecular formula is C19H23N3O2S. The van der Waals surface area contributed by atoms with Crippen molar-refractivity contribution < 1.29 is 9.47 Å². The lowest BCUT2D eigenvalue weighted by Gasteiger charge is -2.07. The van der Waals surface area contributed by atoms with E-state index in [1.54, 1.807) is 6.21 Å². The van der Waals surface area contributed by atoms with Crippen molar-refractivity contribution in [3.05, 3.63) is 60.2 Å². The quantitative estimate of drug-likeness (QED) is 0.310. The minimum atomic E-state index is 0.490. The zero-order valence-electron chi connectivity index (χ0n) is 14.3. The maximum Gasteiger partial charge on any atom is 0.186 e. The number of rotatable bonds is 9. The van der Waals surface area contributed by atoms with Crippen LogP contribution in [-0.4, -0.2) is 31.1 Å². The summed E-state index contributed by atoms with van der Waals surface area (Å²) in [6.07, 6.45) is 2.60. The highest BCUT2D eigenvalue weighted by Crippen LogP contribution is 2.21. The van der Waals surface area contributed by atoms with Gasteiger partial charge in [0, 0.05) is 19.8 Å². The van der Waals surface area contributed by atoms with Gasteiger partial charge in [0.1, 0.15) is 11.5 Å². The van der Waals surface area contributed by atoms with Gasteiger partial charge in [-0.15, -0.1) is 0 Å². The molecule has 0 atom stereocenters. The molecule has 0 aliphatic carbocycles. The maximum atomic E-state index is 5.80. The Morgan fingerprint density at radius 2 is 1.92 bits per heavy atom. The minimum absolute atomic E-state index is 0.490. The summed E-state index contributed by atoms with van der Waals surface area (Å²) in [5.41, 5.74) is 3.72. The number of benzene rings is 2. The number of hydrogen-bond donors (Lipinski definition) is 2. The van der Waals surface area contributed by atoms with Crippen LogP contribution in [0.2, 0.25) is 0 Å². The van der Waals surface area contributed by atoms with Crippen molar-refractivity contribution in [3.63, 3.8) is 0 Å². The third kappa shape index (κ3) is 7.78. The molecule has 0 aromatic heterocycles. The Balaban J connectivity index is 1.77. The van der Waals surface area contributed by atoms with Crippen molar-refractivity contribution in [1.29, 1.82) is 0 Å². The number of nitrogens with one attached hydrogen (secondary N) is 2. The van der Waals surface area contributed by atoms with Gasteiger partial charge >= 0.3 is 0 Å². The van der Waals surface area contributed by atoms with Crippen molar-refractivity contribution in [1.82, 2.24) is 10.7 Å². The largest absolute Gasteiger partial charge is 0.457 e. The van der Waals surface area contributed by atoms with Crippen LogP contribution in [-0.2, 0) is 4.74 Å². The van der Waals surface area contributed by atoms with E-state index in [0.29, 0.717) is 5.11 Å². The van der Waals surface area contributed by atoms with Gasteiger partial charge in [0.2, 0.25) is 0 Å². The van der Waals surface area contributed by atoms with Crippen LogP contribution in [0, 0.1) is 0 Å². The van der Waals surface area contributed by atoms with E-state index in [-0.39, 0.29) is 0 Å². The predicted octanol–water partition coefficient (Wildman–Crippen LogP) is 3.70. The van der Waals surface area contributed by atoms with E-state index in [2.05, 4.69) is 15.8 Å². The molecule has 0 aliphatic rings. The number of ether oxygens (including phenoxy) is 2. The molecule has 25 heavy (non-hydrogen) atoms. The Morgan fingerprint density at radius 3 is 2.72 bits per heavy atom. The molecule has 0 aliphatic heterocycles. The zero-order chi connectivity index (χ0) is 17.7. The smallest absolute Gasteiger partial charge is 0.186 e. The van der Waals surface area contributed by atoms with Crippen LogP contribution in [0.5, 0.6) is 11.5 Å². The van der Waals surface area contributed by atoms with Crippen LogP contribution in [0.1, 0.15) is 18.9 Å². The lowest BCUT2D eigenvalue weighted by atomic mass is 10.2. The van der Waals surface area contributed by atoms with E-state index < -0.39 is 0 Å². The monoisotopic (exact) mass is 357 g/mol. The van der Waals surface area contributed by atoms with Crippen LogP contribution in [0.3, 0.4) is 0 Å². The Labute approximate surface area is 154 Å². The molecule has 6 heteroatoms. The highest BCUT2D eigenvalue weighted by molar-refractivity contribution is 7.80. The van der Waals surface area contributed by atoms with Gasteiger partial charge < -0.3 is 14.8 Å². The van der Waals surface area contributed by atoms with Crippen LogP contribution in [0.15, 0.2) is 59.7 Å². The molecule has 0 amide bonds. The molecule has 0 heterocycles. The number of thiocarbonyl (C=S) groups is 1. The topological polar surface area (TPSA) is 54.9 Å². The number of nitrogens with zero attached hydrogens (tertiary/aromatic N) is 1. The number of para-hydroxylation sites is 1. The number of hydrazone groups is 1. The Bertz CT molecular complexity index is 677. The first-order valence-electron chi connectivity index (χ1n) is 8.25. The van der Waals surface area contributed by atoms with Crippen LogP contribution < -0.4 is 15.5 Å². The molecule has 0 spiro atoms. The van der Waals surface area contributed by atoms with Gasteiger partial charge in [-0.1, -0.05) is 30.3 Å². The standard InChI is InChI=1S/C19H23N3O2S/c1-2-23-13-7-12-20-19(25)22-21-15-16-8-6-11-18(14-16)24-17-9-4-3-5-10-17/h3-6,8-11,14-15H,2,7,12-13H2,1H3,(H2,20,22,25)/b21-15-. The summed E-state index contributed by atoms with van der Waals surface area (Å²) in [7, 11) is 0. The maximum absolute atomic E-state index is 5.80. The summed E-state index contributed by atoms with van der Waals surface area (Å²) >= 11 is 5.16. The molecule has 2 aromatic carbocycles. The van der Waals surface area contributed by atoms with Crippen molar-refractivity contribution in [2.75, 3.05) is 19.8 Å². The molecule has 2 aromatic rings. The third-order valence-corrected chi connectivity index (χ3v) is 3.41. The van der Waals surface area contributed by atoms with E-state index in [0.717, 1.165) is 43.2 Å². The van der Waals surface area contributed by atoms with Crippen molar-refractivity contribution >= 4 is 23.5 Å². The zero-order valence-corrected chi connectivity index (χ0v) is 15.1. The molecule has 2 rings (SSSR count). The summed E-state index contributed by atoms with van der Waals surface area (Å²) in [5, 5.41) is 7.70. The van der Waals surface area contributed by atoms with E-state index in [1.807, 2.05) is 61.5 Å². The molecule has 0 unspecified atom stereocenters. The first-order valence-corrected chi connectivity index (χ1v) is 8.66. The minimum Gasteiger partial charge on any atom is -0.457 e. The van der Waals surface area contributed by atoms with E-state index >= 15 is 0 Å². The van der Waals surface area contributed by atoms with Gasteiger partial charge in [0.15, 0.2) is 5.11 Å². The summed E-state index contributed by atoms with van der Waals surface area (Å²) in [6, 6.07) is 17.3. The Hall–Kier alpha value is -2.44. The fraction of sp³-hybridized carbons (Fsp3) is 0.263. The highest BCUT2D eigenvalue weighted by atomic mass is 32.1. The third-order valence-electron chi connectivity index (χ3n) is 3.17. The lowest BCUT2D eigenvalue weighted by molar-refractivity contribution is 0.145. The fourth-order valence-corrected chi connectivity index (χ4v) is 2.16. The molecule has 2 N–H and O–H groups in total. The molecular weight excluding hydrogens is 334 g/mol. The molecule has 0 radical (unpaired) electrons. The Kier molecular flexibility index (Phi) is 8.44. The second-order valence-electron chi connectivity index (χ2n) is 5.16. The molecule has 132 valence electrons. The molecule has 0 bridgehead atoms. The van der Waals surface area contributed by atoms with Crippen molar-refractivity contribution in [2.45, 2.75) is 13.3 Å². The summed E-state index contributed by atoms with van der Waals surface area (Å²) in [5.74, 6) is 1.55. The van der Waals surface area contributed by atoms with Gasteiger partial charge in [0.25, 0.3) is 0 Å². The number of hydrogen-bond acceptors (Lipinski definition) is 4. The van der Waals surface area contributed by atoms with E-state index in [9.17, 15) is 0 Å². The van der Waals surface area contributed by atoms with Crippen LogP contribution >= 0.6 is 12.2 Å². The van der Waals surface area contributed by atoms with Gasteiger partial charge in [-0.3, -0.25) is 5.43 Å². The van der Waals surface area contributed by atoms with Crippen molar-refractivity contribution in [3.8, 4) is 11.5 Å². The Morgan fingerprint density at radius 1 is 1.12 bits per heavy atom. The van der Waals surface area contributed by atoms with Crippen LogP contribution in [0.25, 0.3) is 0 Å². The first-order chi connectivity index (χ1) is 12.3. The van der Waals surface area contributed by atoms with Gasteiger partial charge in [-0.2, -0.15) is 5.10 Å². The first kappa shape index (κ1) is 18.9. The fourth-order valence-electron chi connectivity index (χ4n) is 2.01. The molecule has 5 nitrogen and oxygen atoms in total. The summed E-state index contributed by atoms with van der Waals surface area (Å²) in [6.45, 7) is 4.19. The molecule has 0 saturated heterocycles. The SMILES string of the molecule is CCOCCCNC(=S)N/N=C\c1cccc(Oc2ccccc2)c1. The van der Waals surface area contributed by atoms with E-state index in [1.165, 1.54) is 0 Å². The van der Waals surface area contributed by atoms with Gasteiger partial charge in [-0.05, 0) is 55.4 Å². The van der Waals surface area contributed by atoms with Gasteiger partial charge in [-0.25, -0.2) is 0 Å². The highest BCUT2D eigenvalue weighted by Gasteiger charge is 1.98. The van der Waals surface area contributed by atoms with Gasteiger partial charge in [0.05, 0.1) is 6.21 Å². The molecule has 0 fully saturated rings. The normalized spacial score (nSPS) is 10.6.